The molecule has 1 fully saturated rings. The highest BCUT2D eigenvalue weighted by atomic mass is 32.2. The third-order valence-electron chi connectivity index (χ3n) is 4.51. The van der Waals surface area contributed by atoms with Gasteiger partial charge in [0.1, 0.15) is 12.4 Å². The van der Waals surface area contributed by atoms with Crippen molar-refractivity contribution in [2.24, 2.45) is 0 Å². The smallest absolute Gasteiger partial charge is 0.337 e. The molecule has 2 aromatic rings. The van der Waals surface area contributed by atoms with Gasteiger partial charge >= 0.3 is 5.97 Å². The third-order valence-corrected chi connectivity index (χ3v) is 5.39. The molecular weight excluding hydrogens is 402 g/mol. The van der Waals surface area contributed by atoms with Gasteiger partial charge in [0, 0.05) is 0 Å². The van der Waals surface area contributed by atoms with Gasteiger partial charge in [-0.1, -0.05) is 30.3 Å². The van der Waals surface area contributed by atoms with E-state index in [2.05, 4.69) is 11.3 Å². The molecule has 3 rings (SSSR count). The number of hydrogen-bond acceptors (Lipinski definition) is 6. The molecule has 0 N–H and O–H groups in total. The van der Waals surface area contributed by atoms with E-state index in [0.717, 1.165) is 22.9 Å². The largest absolute Gasteiger partial charge is 0.489 e. The minimum atomic E-state index is -0.387. The minimum Gasteiger partial charge on any atom is -0.489 e. The number of hydrogen-bond donors (Lipinski definition) is 0. The lowest BCUT2D eigenvalue weighted by atomic mass is 10.1. The fourth-order valence-corrected chi connectivity index (χ4v) is 3.72. The maximum absolute atomic E-state index is 12.5. The first-order chi connectivity index (χ1) is 14.4. The summed E-state index contributed by atoms with van der Waals surface area (Å²) in [5.74, 6) is -0.0871. The number of carbonyl (C=O) groups excluding carboxylic acids is 3. The molecule has 0 saturated carbocycles. The lowest BCUT2D eigenvalue weighted by Crippen LogP contribution is -2.35. The van der Waals surface area contributed by atoms with Crippen molar-refractivity contribution in [1.82, 2.24) is 4.90 Å². The predicted octanol–water partition coefficient (Wildman–Crippen LogP) is 4.66. The van der Waals surface area contributed by atoms with Crippen molar-refractivity contribution in [2.45, 2.75) is 19.6 Å². The summed E-state index contributed by atoms with van der Waals surface area (Å²) in [5, 5.41) is -0.304. The highest BCUT2D eigenvalue weighted by molar-refractivity contribution is 8.18. The van der Waals surface area contributed by atoms with Gasteiger partial charge in [0.05, 0.1) is 23.6 Å². The number of amides is 2. The van der Waals surface area contributed by atoms with Crippen molar-refractivity contribution in [3.05, 3.63) is 82.8 Å². The number of ether oxygens (including phenoxy) is 2. The van der Waals surface area contributed by atoms with E-state index in [1.54, 1.807) is 49.4 Å². The predicted molar refractivity (Wildman–Crippen MR) is 116 cm³/mol. The molecule has 0 spiro atoms. The summed E-state index contributed by atoms with van der Waals surface area (Å²) in [6, 6.07) is 13.9. The number of nitrogens with zero attached hydrogens (tertiary/aromatic N) is 1. The van der Waals surface area contributed by atoms with Crippen molar-refractivity contribution in [2.75, 3.05) is 7.11 Å². The molecule has 1 unspecified atom stereocenters. The number of thioether (sulfide) groups is 1. The molecule has 1 aliphatic rings. The van der Waals surface area contributed by atoms with Gasteiger partial charge in [0.25, 0.3) is 11.1 Å². The Morgan fingerprint density at radius 3 is 2.60 bits per heavy atom. The number of benzene rings is 2. The normalized spacial score (nSPS) is 15.9. The zero-order valence-corrected chi connectivity index (χ0v) is 17.5. The van der Waals surface area contributed by atoms with Crippen LogP contribution in [0.1, 0.15) is 28.4 Å². The van der Waals surface area contributed by atoms with Crippen LogP contribution in [0.3, 0.4) is 0 Å². The summed E-state index contributed by atoms with van der Waals surface area (Å²) in [6.45, 7) is 5.71. The fraction of sp³-hybridized carbons (Fsp3) is 0.174. The zero-order chi connectivity index (χ0) is 21.7. The monoisotopic (exact) mass is 423 g/mol. The Hall–Kier alpha value is -3.32. The van der Waals surface area contributed by atoms with Gasteiger partial charge in [-0.3, -0.25) is 14.5 Å². The Morgan fingerprint density at radius 1 is 1.20 bits per heavy atom. The topological polar surface area (TPSA) is 72.9 Å². The Bertz CT molecular complexity index is 1010. The quantitative estimate of drug-likeness (QED) is 0.366. The average Bonchev–Trinajstić information content (AvgIpc) is 3.04. The summed E-state index contributed by atoms with van der Waals surface area (Å²) in [6.07, 6.45) is 3.24. The van der Waals surface area contributed by atoms with E-state index >= 15 is 0 Å². The van der Waals surface area contributed by atoms with E-state index in [1.807, 2.05) is 18.2 Å². The fourth-order valence-electron chi connectivity index (χ4n) is 2.80. The van der Waals surface area contributed by atoms with E-state index in [1.165, 1.54) is 12.0 Å². The molecule has 2 aromatic carbocycles. The molecule has 7 heteroatoms. The van der Waals surface area contributed by atoms with Crippen LogP contribution in [0, 0.1) is 0 Å². The third kappa shape index (κ3) is 4.80. The van der Waals surface area contributed by atoms with Crippen LogP contribution >= 0.6 is 11.8 Å². The van der Waals surface area contributed by atoms with Crippen LogP contribution in [0.15, 0.2) is 66.1 Å². The number of rotatable bonds is 7. The zero-order valence-electron chi connectivity index (χ0n) is 16.7. The van der Waals surface area contributed by atoms with Crippen molar-refractivity contribution in [1.29, 1.82) is 0 Å². The van der Waals surface area contributed by atoms with E-state index in [0.29, 0.717) is 22.8 Å². The molecular formula is C23H21NO5S. The van der Waals surface area contributed by atoms with Gasteiger partial charge in [0.2, 0.25) is 0 Å². The first kappa shape index (κ1) is 21.4. The second kappa shape index (κ2) is 9.45. The Balaban J connectivity index is 1.69. The Kier molecular flexibility index (Phi) is 6.74. The molecule has 154 valence electrons. The number of carbonyl (C=O) groups is 3. The summed E-state index contributed by atoms with van der Waals surface area (Å²) >= 11 is 0.914. The molecule has 6 nitrogen and oxygen atoms in total. The van der Waals surface area contributed by atoms with Crippen molar-refractivity contribution >= 4 is 35.0 Å². The van der Waals surface area contributed by atoms with Crippen LogP contribution in [0.4, 0.5) is 4.79 Å². The van der Waals surface area contributed by atoms with Gasteiger partial charge in [-0.2, -0.15) is 0 Å². The maximum atomic E-state index is 12.5. The van der Waals surface area contributed by atoms with E-state index in [4.69, 9.17) is 4.74 Å². The van der Waals surface area contributed by atoms with Crippen LogP contribution < -0.4 is 4.74 Å². The summed E-state index contributed by atoms with van der Waals surface area (Å²) in [7, 11) is 1.34. The number of imide groups is 1. The molecule has 0 radical (unpaired) electrons. The molecule has 2 amide bonds. The van der Waals surface area contributed by atoms with Crippen LogP contribution in [-0.4, -0.2) is 35.2 Å². The highest BCUT2D eigenvalue weighted by Gasteiger charge is 2.37. The summed E-state index contributed by atoms with van der Waals surface area (Å²) < 4.78 is 10.5. The minimum absolute atomic E-state index is 0.304. The second-order valence-electron chi connectivity index (χ2n) is 6.58. The Labute approximate surface area is 179 Å². The van der Waals surface area contributed by atoms with Crippen molar-refractivity contribution in [3.63, 3.8) is 0 Å². The Morgan fingerprint density at radius 2 is 1.93 bits per heavy atom. The van der Waals surface area contributed by atoms with Gasteiger partial charge < -0.3 is 9.47 Å². The average molecular weight is 423 g/mol. The highest BCUT2D eigenvalue weighted by Crippen LogP contribution is 2.34. The van der Waals surface area contributed by atoms with Crippen molar-refractivity contribution in [3.8, 4) is 5.75 Å². The molecule has 0 bridgehead atoms. The first-order valence-corrected chi connectivity index (χ1v) is 10.0. The summed E-state index contributed by atoms with van der Waals surface area (Å²) in [5.41, 5.74) is 2.13. The second-order valence-corrected chi connectivity index (χ2v) is 7.57. The van der Waals surface area contributed by atoms with E-state index in [-0.39, 0.29) is 23.2 Å². The molecule has 1 saturated heterocycles. The number of methoxy groups -OCH3 is 1. The van der Waals surface area contributed by atoms with Crippen LogP contribution in [0.2, 0.25) is 0 Å². The van der Waals surface area contributed by atoms with Gasteiger partial charge in [-0.25, -0.2) is 4.79 Å². The van der Waals surface area contributed by atoms with Crippen LogP contribution in [0.5, 0.6) is 5.75 Å². The van der Waals surface area contributed by atoms with E-state index < -0.39 is 0 Å². The standard InChI is InChI=1S/C23H21NO5S/c1-4-15(2)24-21(25)20(30-23(24)27)13-17-6-5-7-19(12-17)29-14-16-8-10-18(11-9-16)22(26)28-3/h4-13,15H,1,14H2,2-3H3. The first-order valence-electron chi connectivity index (χ1n) is 9.22. The lowest BCUT2D eigenvalue weighted by Gasteiger charge is -2.17. The molecule has 1 heterocycles. The molecule has 0 aromatic heterocycles. The van der Waals surface area contributed by atoms with Crippen LogP contribution in [-0.2, 0) is 16.1 Å². The molecule has 30 heavy (non-hydrogen) atoms. The van der Waals surface area contributed by atoms with Gasteiger partial charge in [-0.15, -0.1) is 6.58 Å². The van der Waals surface area contributed by atoms with Gasteiger partial charge in [0.15, 0.2) is 0 Å². The molecule has 1 atom stereocenters. The van der Waals surface area contributed by atoms with E-state index in [9.17, 15) is 14.4 Å². The number of esters is 1. The maximum Gasteiger partial charge on any atom is 0.337 e. The molecule has 1 aliphatic heterocycles. The molecule has 0 aliphatic carbocycles. The lowest BCUT2D eigenvalue weighted by molar-refractivity contribution is -0.123. The summed E-state index contributed by atoms with van der Waals surface area (Å²) in [4.78, 5) is 37.7. The van der Waals surface area contributed by atoms with Crippen molar-refractivity contribution < 1.29 is 23.9 Å². The van der Waals surface area contributed by atoms with Crippen LogP contribution in [0.25, 0.3) is 6.08 Å². The van der Waals surface area contributed by atoms with Gasteiger partial charge in [-0.05, 0) is 60.2 Å². The SMILES string of the molecule is C=CC(C)N1C(=O)SC(=Cc2cccc(OCc3ccc(C(=O)OC)cc3)c2)C1=O.